The van der Waals surface area contributed by atoms with Gasteiger partial charge in [0.15, 0.2) is 11.5 Å². The molecule has 2 aromatic rings. The van der Waals surface area contributed by atoms with Gasteiger partial charge < -0.3 is 14.2 Å². The average Bonchev–Trinajstić information content (AvgIpc) is 2.62. The third kappa shape index (κ3) is 4.89. The second-order valence-electron chi connectivity index (χ2n) is 5.60. The van der Waals surface area contributed by atoms with E-state index in [1.807, 2.05) is 19.9 Å². The highest BCUT2D eigenvalue weighted by atomic mass is 32.2. The number of hydrogen-bond acceptors (Lipinski definition) is 5. The monoisotopic (exact) mass is 379 g/mol. The van der Waals surface area contributed by atoms with Gasteiger partial charge in [0.25, 0.3) is 0 Å². The summed E-state index contributed by atoms with van der Waals surface area (Å²) in [5.74, 6) is 1.90. The first-order chi connectivity index (χ1) is 12.4. The first-order valence-electron chi connectivity index (χ1n) is 8.44. The Kier molecular flexibility index (Phi) is 6.88. The molecule has 0 amide bonds. The van der Waals surface area contributed by atoms with Crippen LogP contribution in [-0.4, -0.2) is 28.7 Å². The maximum atomic E-state index is 12.5. The standard InChI is InChI=1S/C19H25NO5S/c1-5-24-18-9-7-15(12-19(18)25-6-2)13-20-26(21,22)16-8-10-17(23-4)14(3)11-16/h7-12,20H,5-6,13H2,1-4H3. The molecule has 0 unspecified atom stereocenters. The topological polar surface area (TPSA) is 73.9 Å². The molecule has 2 aromatic carbocycles. The molecule has 26 heavy (non-hydrogen) atoms. The molecule has 6 nitrogen and oxygen atoms in total. The Morgan fingerprint density at radius 1 is 0.923 bits per heavy atom. The van der Waals surface area contributed by atoms with Crippen LogP contribution in [0.2, 0.25) is 0 Å². The molecule has 142 valence electrons. The molecule has 0 aromatic heterocycles. The Balaban J connectivity index is 2.16. The van der Waals surface area contributed by atoms with Crippen LogP contribution in [-0.2, 0) is 16.6 Å². The Hall–Kier alpha value is -2.25. The smallest absolute Gasteiger partial charge is 0.240 e. The molecule has 7 heteroatoms. The van der Waals surface area contributed by atoms with Crippen molar-refractivity contribution in [3.05, 3.63) is 47.5 Å². The second kappa shape index (κ2) is 8.91. The fraction of sp³-hybridized carbons (Fsp3) is 0.368. The van der Waals surface area contributed by atoms with Gasteiger partial charge in [-0.25, -0.2) is 13.1 Å². The molecule has 0 aliphatic heterocycles. The minimum atomic E-state index is -3.63. The summed E-state index contributed by atoms with van der Waals surface area (Å²) in [5, 5.41) is 0. The lowest BCUT2D eigenvalue weighted by molar-refractivity contribution is 0.287. The SMILES string of the molecule is CCOc1ccc(CNS(=O)(=O)c2ccc(OC)c(C)c2)cc1OCC. The van der Waals surface area contributed by atoms with Gasteiger partial charge in [0.2, 0.25) is 10.0 Å². The van der Waals surface area contributed by atoms with Gasteiger partial charge in [-0.3, -0.25) is 0 Å². The highest BCUT2D eigenvalue weighted by molar-refractivity contribution is 7.89. The van der Waals surface area contributed by atoms with Crippen LogP contribution in [0.25, 0.3) is 0 Å². The molecule has 0 aliphatic carbocycles. The van der Waals surface area contributed by atoms with E-state index >= 15 is 0 Å². The van der Waals surface area contributed by atoms with Crippen LogP contribution in [0.1, 0.15) is 25.0 Å². The van der Waals surface area contributed by atoms with Crippen LogP contribution >= 0.6 is 0 Å². The van der Waals surface area contributed by atoms with E-state index in [0.717, 1.165) is 11.1 Å². The van der Waals surface area contributed by atoms with Crippen molar-refractivity contribution in [2.24, 2.45) is 0 Å². The van der Waals surface area contributed by atoms with Crippen LogP contribution < -0.4 is 18.9 Å². The second-order valence-corrected chi connectivity index (χ2v) is 7.37. The normalized spacial score (nSPS) is 11.2. The van der Waals surface area contributed by atoms with Crippen molar-refractivity contribution >= 4 is 10.0 Å². The quantitative estimate of drug-likeness (QED) is 0.724. The Morgan fingerprint density at radius 2 is 1.58 bits per heavy atom. The third-order valence-corrected chi connectivity index (χ3v) is 5.15. The van der Waals surface area contributed by atoms with Crippen LogP contribution in [0.15, 0.2) is 41.3 Å². The lowest BCUT2D eigenvalue weighted by Gasteiger charge is -2.13. The van der Waals surface area contributed by atoms with E-state index in [-0.39, 0.29) is 11.4 Å². The van der Waals surface area contributed by atoms with E-state index in [1.54, 1.807) is 38.3 Å². The predicted octanol–water partition coefficient (Wildman–Crippen LogP) is 3.28. The summed E-state index contributed by atoms with van der Waals surface area (Å²) in [6.07, 6.45) is 0. The molecule has 0 saturated carbocycles. The van der Waals surface area contributed by atoms with Crippen LogP contribution in [0.4, 0.5) is 0 Å². The van der Waals surface area contributed by atoms with Crippen molar-refractivity contribution in [2.75, 3.05) is 20.3 Å². The van der Waals surface area contributed by atoms with Gasteiger partial charge in [0.05, 0.1) is 25.2 Å². The van der Waals surface area contributed by atoms with Gasteiger partial charge in [-0.05, 0) is 62.2 Å². The van der Waals surface area contributed by atoms with E-state index in [4.69, 9.17) is 14.2 Å². The van der Waals surface area contributed by atoms with Crippen LogP contribution in [0, 0.1) is 6.92 Å². The predicted molar refractivity (Wildman–Crippen MR) is 101 cm³/mol. The van der Waals surface area contributed by atoms with Crippen molar-refractivity contribution in [1.82, 2.24) is 4.72 Å². The highest BCUT2D eigenvalue weighted by Gasteiger charge is 2.16. The minimum absolute atomic E-state index is 0.153. The molecule has 0 heterocycles. The number of nitrogens with one attached hydrogen (secondary N) is 1. The molecular formula is C19H25NO5S. The zero-order valence-electron chi connectivity index (χ0n) is 15.5. The van der Waals surface area contributed by atoms with Crippen LogP contribution in [0.3, 0.4) is 0 Å². The lowest BCUT2D eigenvalue weighted by Crippen LogP contribution is -2.23. The number of hydrogen-bond donors (Lipinski definition) is 1. The maximum absolute atomic E-state index is 12.5. The summed E-state index contributed by atoms with van der Waals surface area (Å²) in [6, 6.07) is 10.2. The van der Waals surface area contributed by atoms with E-state index in [2.05, 4.69) is 4.72 Å². The molecule has 0 saturated heterocycles. The average molecular weight is 379 g/mol. The van der Waals surface area contributed by atoms with E-state index in [0.29, 0.717) is 30.5 Å². The van der Waals surface area contributed by atoms with Crippen LogP contribution in [0.5, 0.6) is 17.2 Å². The molecule has 0 bridgehead atoms. The zero-order chi connectivity index (χ0) is 19.2. The summed E-state index contributed by atoms with van der Waals surface area (Å²) in [6.45, 7) is 6.77. The van der Waals surface area contributed by atoms with Gasteiger partial charge in [-0.1, -0.05) is 6.07 Å². The molecule has 0 aliphatic rings. The molecule has 0 radical (unpaired) electrons. The molecule has 1 N–H and O–H groups in total. The van der Waals surface area contributed by atoms with Gasteiger partial charge >= 0.3 is 0 Å². The number of rotatable bonds is 9. The number of methoxy groups -OCH3 is 1. The summed E-state index contributed by atoms with van der Waals surface area (Å²) in [4.78, 5) is 0.201. The summed E-state index contributed by atoms with van der Waals surface area (Å²) >= 11 is 0. The number of benzene rings is 2. The molecule has 0 fully saturated rings. The molecule has 2 rings (SSSR count). The lowest BCUT2D eigenvalue weighted by atomic mass is 10.2. The summed E-state index contributed by atoms with van der Waals surface area (Å²) < 4.78 is 43.9. The Bertz CT molecular complexity index is 849. The first kappa shape index (κ1) is 20.1. The van der Waals surface area contributed by atoms with E-state index < -0.39 is 10.0 Å². The molecule has 0 spiro atoms. The highest BCUT2D eigenvalue weighted by Crippen LogP contribution is 2.29. The zero-order valence-corrected chi connectivity index (χ0v) is 16.4. The number of aryl methyl sites for hydroxylation is 1. The maximum Gasteiger partial charge on any atom is 0.240 e. The fourth-order valence-electron chi connectivity index (χ4n) is 2.49. The Labute approximate surface area is 155 Å². The third-order valence-electron chi connectivity index (χ3n) is 3.75. The largest absolute Gasteiger partial charge is 0.496 e. The van der Waals surface area contributed by atoms with Gasteiger partial charge in [-0.15, -0.1) is 0 Å². The molecular weight excluding hydrogens is 354 g/mol. The number of ether oxygens (including phenoxy) is 3. The molecule has 0 atom stereocenters. The van der Waals surface area contributed by atoms with Crippen molar-refractivity contribution in [3.63, 3.8) is 0 Å². The first-order valence-corrected chi connectivity index (χ1v) is 9.92. The minimum Gasteiger partial charge on any atom is -0.496 e. The van der Waals surface area contributed by atoms with Crippen molar-refractivity contribution in [1.29, 1.82) is 0 Å². The Morgan fingerprint density at radius 3 is 2.19 bits per heavy atom. The van der Waals surface area contributed by atoms with E-state index in [9.17, 15) is 8.42 Å². The number of sulfonamides is 1. The van der Waals surface area contributed by atoms with Gasteiger partial charge in [-0.2, -0.15) is 0 Å². The fourth-order valence-corrected chi connectivity index (χ4v) is 3.59. The van der Waals surface area contributed by atoms with Crippen molar-refractivity contribution in [2.45, 2.75) is 32.2 Å². The van der Waals surface area contributed by atoms with Gasteiger partial charge in [0.1, 0.15) is 5.75 Å². The van der Waals surface area contributed by atoms with E-state index in [1.165, 1.54) is 6.07 Å². The summed E-state index contributed by atoms with van der Waals surface area (Å²) in [5.41, 5.74) is 1.54. The van der Waals surface area contributed by atoms with Crippen molar-refractivity contribution < 1.29 is 22.6 Å². The summed E-state index contributed by atoms with van der Waals surface area (Å²) in [7, 11) is -2.08. The van der Waals surface area contributed by atoms with Gasteiger partial charge in [0, 0.05) is 6.54 Å². The van der Waals surface area contributed by atoms with Crippen molar-refractivity contribution in [3.8, 4) is 17.2 Å².